The molecule has 1 heterocycles. The van der Waals surface area contributed by atoms with Gasteiger partial charge in [-0.2, -0.15) is 4.73 Å². The van der Waals surface area contributed by atoms with E-state index in [1.54, 1.807) is 0 Å². The summed E-state index contributed by atoms with van der Waals surface area (Å²) in [4.78, 5) is 10.8. The Labute approximate surface area is 67.2 Å². The fraction of sp³-hybridized carbons (Fsp3) is 0.167. The molecule has 0 spiro atoms. The fourth-order valence-corrected chi connectivity index (χ4v) is 0.832. The second-order valence-electron chi connectivity index (χ2n) is 2.09. The van der Waals surface area contributed by atoms with Gasteiger partial charge in [-0.1, -0.05) is 11.6 Å². The smallest absolute Gasteiger partial charge is 0.242 e. The third-order valence-electron chi connectivity index (χ3n) is 1.34. The molecule has 0 bridgehead atoms. The summed E-state index contributed by atoms with van der Waals surface area (Å²) < 4.78 is 0.596. The highest BCUT2D eigenvalue weighted by Gasteiger charge is 2.08. The highest BCUT2D eigenvalue weighted by atomic mass is 35.5. The lowest BCUT2D eigenvalue weighted by molar-refractivity contribution is 0.174. The molecule has 0 unspecified atom stereocenters. The van der Waals surface area contributed by atoms with Crippen molar-refractivity contribution in [1.82, 2.24) is 4.73 Å². The standard InChI is InChI=1S/C6H6ClNO3/c1-3-5(7)6(10)4(9)2-8(3)11/h2,9,11H,1H3. The molecule has 0 amide bonds. The molecule has 2 N–H and O–H groups in total. The van der Waals surface area contributed by atoms with E-state index in [1.165, 1.54) is 6.92 Å². The van der Waals surface area contributed by atoms with Gasteiger partial charge in [0.2, 0.25) is 5.43 Å². The third kappa shape index (κ3) is 1.17. The van der Waals surface area contributed by atoms with Crippen LogP contribution in [0.2, 0.25) is 5.02 Å². The molecule has 0 fully saturated rings. The van der Waals surface area contributed by atoms with Gasteiger partial charge in [-0.3, -0.25) is 4.79 Å². The van der Waals surface area contributed by atoms with Crippen LogP contribution in [0.5, 0.6) is 5.75 Å². The fourth-order valence-electron chi connectivity index (χ4n) is 0.649. The first-order valence-electron chi connectivity index (χ1n) is 2.84. The lowest BCUT2D eigenvalue weighted by atomic mass is 10.3. The van der Waals surface area contributed by atoms with Crippen molar-refractivity contribution >= 4 is 11.6 Å². The van der Waals surface area contributed by atoms with Gasteiger partial charge in [0.05, 0.1) is 11.9 Å². The summed E-state index contributed by atoms with van der Waals surface area (Å²) in [6, 6.07) is 0. The number of rotatable bonds is 0. The van der Waals surface area contributed by atoms with Crippen molar-refractivity contribution in [2.45, 2.75) is 6.92 Å². The van der Waals surface area contributed by atoms with Gasteiger partial charge < -0.3 is 10.3 Å². The molecule has 0 saturated heterocycles. The summed E-state index contributed by atoms with van der Waals surface area (Å²) in [6.45, 7) is 1.46. The van der Waals surface area contributed by atoms with Crippen LogP contribution in [0, 0.1) is 6.92 Å². The molecule has 0 aliphatic heterocycles. The molecular weight excluding hydrogens is 170 g/mol. The van der Waals surface area contributed by atoms with Gasteiger partial charge in [0.1, 0.15) is 5.02 Å². The quantitative estimate of drug-likeness (QED) is 0.572. The van der Waals surface area contributed by atoms with E-state index in [0.717, 1.165) is 6.20 Å². The molecule has 11 heavy (non-hydrogen) atoms. The van der Waals surface area contributed by atoms with Crippen LogP contribution < -0.4 is 5.43 Å². The van der Waals surface area contributed by atoms with Crippen molar-refractivity contribution in [3.05, 3.63) is 27.1 Å². The summed E-state index contributed by atoms with van der Waals surface area (Å²) in [5, 5.41) is 17.6. The van der Waals surface area contributed by atoms with E-state index in [-0.39, 0.29) is 10.7 Å². The second-order valence-corrected chi connectivity index (χ2v) is 2.47. The van der Waals surface area contributed by atoms with Crippen LogP contribution >= 0.6 is 11.6 Å². The van der Waals surface area contributed by atoms with Gasteiger partial charge >= 0.3 is 0 Å². The monoisotopic (exact) mass is 175 g/mol. The number of hydrogen-bond donors (Lipinski definition) is 2. The van der Waals surface area contributed by atoms with E-state index in [9.17, 15) is 4.79 Å². The van der Waals surface area contributed by atoms with Crippen LogP contribution in [-0.2, 0) is 0 Å². The zero-order valence-electron chi connectivity index (χ0n) is 5.71. The van der Waals surface area contributed by atoms with E-state index in [4.69, 9.17) is 21.9 Å². The molecule has 1 aromatic heterocycles. The maximum atomic E-state index is 10.8. The lowest BCUT2D eigenvalue weighted by Gasteiger charge is -2.03. The van der Waals surface area contributed by atoms with Crippen molar-refractivity contribution in [1.29, 1.82) is 0 Å². The predicted molar refractivity (Wildman–Crippen MR) is 39.3 cm³/mol. The Bertz CT molecular complexity index is 344. The van der Waals surface area contributed by atoms with Gasteiger partial charge in [0.25, 0.3) is 0 Å². The first-order valence-corrected chi connectivity index (χ1v) is 3.22. The maximum Gasteiger partial charge on any atom is 0.242 e. The summed E-state index contributed by atoms with van der Waals surface area (Å²) in [5.74, 6) is -0.567. The van der Waals surface area contributed by atoms with Crippen molar-refractivity contribution in [2.75, 3.05) is 0 Å². The first kappa shape index (κ1) is 7.94. The number of nitrogens with zero attached hydrogens (tertiary/aromatic N) is 1. The average Bonchev–Trinajstić information content (AvgIpc) is 1.97. The third-order valence-corrected chi connectivity index (χ3v) is 1.78. The molecule has 0 aromatic carbocycles. The number of hydrogen-bond acceptors (Lipinski definition) is 3. The molecule has 0 atom stereocenters. The SMILES string of the molecule is Cc1c(Cl)c(=O)c(O)cn1O. The number of halogens is 1. The van der Waals surface area contributed by atoms with E-state index >= 15 is 0 Å². The zero-order chi connectivity index (χ0) is 8.59. The molecule has 1 aromatic rings. The summed E-state index contributed by atoms with van der Waals surface area (Å²) >= 11 is 5.43. The van der Waals surface area contributed by atoms with Crippen molar-refractivity contribution in [3.8, 4) is 5.75 Å². The summed E-state index contributed by atoms with van der Waals surface area (Å²) in [5.41, 5.74) is -0.469. The minimum absolute atomic E-state index is 0.174. The zero-order valence-corrected chi connectivity index (χ0v) is 6.46. The van der Waals surface area contributed by atoms with Crippen LogP contribution in [0.3, 0.4) is 0 Å². The van der Waals surface area contributed by atoms with Crippen molar-refractivity contribution in [3.63, 3.8) is 0 Å². The largest absolute Gasteiger partial charge is 0.503 e. The van der Waals surface area contributed by atoms with E-state index in [2.05, 4.69) is 0 Å². The molecule has 60 valence electrons. The molecule has 0 aliphatic rings. The Morgan fingerprint density at radius 1 is 1.64 bits per heavy atom. The van der Waals surface area contributed by atoms with E-state index < -0.39 is 11.2 Å². The van der Waals surface area contributed by atoms with Crippen LogP contribution in [0.1, 0.15) is 5.69 Å². The maximum absolute atomic E-state index is 10.8. The second kappa shape index (κ2) is 2.47. The Morgan fingerprint density at radius 2 is 2.18 bits per heavy atom. The topological polar surface area (TPSA) is 62.5 Å². The molecule has 0 aliphatic carbocycles. The Morgan fingerprint density at radius 3 is 2.73 bits per heavy atom. The molecule has 4 nitrogen and oxygen atoms in total. The number of aromatic nitrogens is 1. The normalized spacial score (nSPS) is 10.0. The summed E-state index contributed by atoms with van der Waals surface area (Å²) in [7, 11) is 0. The Kier molecular flexibility index (Phi) is 1.78. The van der Waals surface area contributed by atoms with E-state index in [0.29, 0.717) is 4.73 Å². The van der Waals surface area contributed by atoms with Gasteiger partial charge in [-0.25, -0.2) is 0 Å². The van der Waals surface area contributed by atoms with Crippen LogP contribution in [0.15, 0.2) is 11.0 Å². The highest BCUT2D eigenvalue weighted by Crippen LogP contribution is 2.12. The minimum Gasteiger partial charge on any atom is -0.503 e. The molecule has 0 saturated carbocycles. The van der Waals surface area contributed by atoms with E-state index in [1.807, 2.05) is 0 Å². The first-order chi connectivity index (χ1) is 5.04. The van der Waals surface area contributed by atoms with Crippen LogP contribution in [0.25, 0.3) is 0 Å². The molecule has 1 rings (SSSR count). The average molecular weight is 176 g/mol. The molecular formula is C6H6ClNO3. The molecule has 5 heteroatoms. The highest BCUT2D eigenvalue weighted by molar-refractivity contribution is 6.31. The number of pyridine rings is 1. The lowest BCUT2D eigenvalue weighted by Crippen LogP contribution is -2.09. The van der Waals surface area contributed by atoms with Crippen molar-refractivity contribution < 1.29 is 10.3 Å². The minimum atomic E-state index is -0.672. The Balaban J connectivity index is 3.59. The van der Waals surface area contributed by atoms with Gasteiger partial charge in [0, 0.05) is 0 Å². The van der Waals surface area contributed by atoms with Crippen molar-refractivity contribution in [2.24, 2.45) is 0 Å². The number of aromatic hydroxyl groups is 1. The Hall–Kier alpha value is -1.16. The van der Waals surface area contributed by atoms with Gasteiger partial charge in [0.15, 0.2) is 5.75 Å². The predicted octanol–water partition coefficient (Wildman–Crippen LogP) is 0.753. The van der Waals surface area contributed by atoms with Gasteiger partial charge in [-0.05, 0) is 6.92 Å². The summed E-state index contributed by atoms with van der Waals surface area (Å²) in [6.07, 6.45) is 0.892. The van der Waals surface area contributed by atoms with Crippen LogP contribution in [0.4, 0.5) is 0 Å². The van der Waals surface area contributed by atoms with Crippen LogP contribution in [-0.4, -0.2) is 15.0 Å². The van der Waals surface area contributed by atoms with Gasteiger partial charge in [-0.15, -0.1) is 0 Å². The molecule has 0 radical (unpaired) electrons.